The molecule has 1 amide bonds. The first-order chi connectivity index (χ1) is 11.6. The number of fused-ring (bicyclic) bond motifs is 1. The van der Waals surface area contributed by atoms with Gasteiger partial charge in [0.1, 0.15) is 5.69 Å². The fourth-order valence-electron chi connectivity index (χ4n) is 2.87. The average molecular weight is 326 g/mol. The number of carbonyl (C=O) groups is 1. The van der Waals surface area contributed by atoms with Crippen LogP contribution in [0.2, 0.25) is 0 Å². The van der Waals surface area contributed by atoms with Gasteiger partial charge in [-0.1, -0.05) is 18.2 Å². The van der Waals surface area contributed by atoms with E-state index in [0.29, 0.717) is 31.0 Å². The van der Waals surface area contributed by atoms with E-state index in [9.17, 15) is 14.9 Å². The lowest BCUT2D eigenvalue weighted by Gasteiger charge is -2.28. The zero-order valence-electron chi connectivity index (χ0n) is 13.1. The summed E-state index contributed by atoms with van der Waals surface area (Å²) in [6.45, 7) is 1.54. The SMILES string of the molecule is Nc1ccc([N+](=O)[O-])c(NCCN2CCc3ccccc3C2=O)c1. The summed E-state index contributed by atoms with van der Waals surface area (Å²) in [4.78, 5) is 24.8. The molecule has 7 heteroatoms. The molecule has 2 aromatic carbocycles. The molecule has 0 aromatic heterocycles. The summed E-state index contributed by atoms with van der Waals surface area (Å²) < 4.78 is 0. The number of carbonyl (C=O) groups excluding carboxylic acids is 1. The Morgan fingerprint density at radius 3 is 2.83 bits per heavy atom. The maximum absolute atomic E-state index is 12.5. The Labute approximate surface area is 139 Å². The predicted molar refractivity (Wildman–Crippen MR) is 92.0 cm³/mol. The predicted octanol–water partition coefficient (Wildman–Crippen LogP) is 2.29. The fourth-order valence-corrected chi connectivity index (χ4v) is 2.87. The number of benzene rings is 2. The van der Waals surface area contributed by atoms with Gasteiger partial charge in [-0.3, -0.25) is 14.9 Å². The van der Waals surface area contributed by atoms with Crippen molar-refractivity contribution in [3.05, 3.63) is 63.7 Å². The Bertz CT molecular complexity index is 791. The quantitative estimate of drug-likeness (QED) is 0.499. The molecule has 3 rings (SSSR count). The van der Waals surface area contributed by atoms with Gasteiger partial charge in [-0.2, -0.15) is 0 Å². The van der Waals surface area contributed by atoms with E-state index in [-0.39, 0.29) is 11.6 Å². The zero-order valence-corrected chi connectivity index (χ0v) is 13.1. The number of nitrogens with zero attached hydrogens (tertiary/aromatic N) is 2. The van der Waals surface area contributed by atoms with Gasteiger partial charge in [0.05, 0.1) is 4.92 Å². The van der Waals surface area contributed by atoms with E-state index in [4.69, 9.17) is 5.73 Å². The molecule has 1 heterocycles. The number of nitro groups is 1. The van der Waals surface area contributed by atoms with Crippen molar-refractivity contribution < 1.29 is 9.72 Å². The van der Waals surface area contributed by atoms with E-state index >= 15 is 0 Å². The minimum absolute atomic E-state index is 0.000672. The number of nitro benzene ring substituents is 1. The normalized spacial score (nSPS) is 13.5. The van der Waals surface area contributed by atoms with E-state index in [0.717, 1.165) is 17.5 Å². The highest BCUT2D eigenvalue weighted by Gasteiger charge is 2.23. The van der Waals surface area contributed by atoms with Gasteiger partial charge in [-0.15, -0.1) is 0 Å². The number of rotatable bonds is 5. The van der Waals surface area contributed by atoms with Crippen molar-refractivity contribution in [3.63, 3.8) is 0 Å². The van der Waals surface area contributed by atoms with Gasteiger partial charge in [0, 0.05) is 37.0 Å². The lowest BCUT2D eigenvalue weighted by Crippen LogP contribution is -2.40. The number of amides is 1. The topological polar surface area (TPSA) is 102 Å². The van der Waals surface area contributed by atoms with E-state index in [1.165, 1.54) is 18.2 Å². The first-order valence-corrected chi connectivity index (χ1v) is 7.71. The van der Waals surface area contributed by atoms with Crippen molar-refractivity contribution in [2.45, 2.75) is 6.42 Å². The molecule has 0 saturated carbocycles. The Hall–Kier alpha value is -3.09. The van der Waals surface area contributed by atoms with Crippen molar-refractivity contribution in [1.29, 1.82) is 0 Å². The molecule has 24 heavy (non-hydrogen) atoms. The second-order valence-corrected chi connectivity index (χ2v) is 5.66. The summed E-state index contributed by atoms with van der Waals surface area (Å²) in [6, 6.07) is 12.0. The standard InChI is InChI=1S/C17H18N4O3/c18-13-5-6-16(21(23)24)15(11-13)19-8-10-20-9-7-12-3-1-2-4-14(12)17(20)22/h1-6,11,19H,7-10,18H2. The molecule has 0 bridgehead atoms. The van der Waals surface area contributed by atoms with Crippen LogP contribution in [0.5, 0.6) is 0 Å². The molecule has 1 aliphatic heterocycles. The number of nitrogens with two attached hydrogens (primary N) is 1. The molecule has 0 spiro atoms. The molecule has 2 aromatic rings. The molecule has 0 radical (unpaired) electrons. The highest BCUT2D eigenvalue weighted by molar-refractivity contribution is 5.96. The van der Waals surface area contributed by atoms with Crippen LogP contribution in [0, 0.1) is 10.1 Å². The van der Waals surface area contributed by atoms with Gasteiger partial charge < -0.3 is 16.0 Å². The van der Waals surface area contributed by atoms with Crippen LogP contribution >= 0.6 is 0 Å². The highest BCUT2D eigenvalue weighted by Crippen LogP contribution is 2.26. The third kappa shape index (κ3) is 3.15. The number of anilines is 2. The number of hydrogen-bond acceptors (Lipinski definition) is 5. The number of hydrogen-bond donors (Lipinski definition) is 2. The Balaban J connectivity index is 1.65. The van der Waals surface area contributed by atoms with E-state index < -0.39 is 4.92 Å². The molecule has 3 N–H and O–H groups in total. The third-order valence-corrected chi connectivity index (χ3v) is 4.10. The van der Waals surface area contributed by atoms with Gasteiger partial charge in [0.25, 0.3) is 11.6 Å². The second kappa shape index (κ2) is 6.57. The second-order valence-electron chi connectivity index (χ2n) is 5.66. The molecule has 0 atom stereocenters. The third-order valence-electron chi connectivity index (χ3n) is 4.10. The Kier molecular flexibility index (Phi) is 4.33. The van der Waals surface area contributed by atoms with E-state index in [1.54, 1.807) is 4.90 Å². The summed E-state index contributed by atoms with van der Waals surface area (Å²) in [5.74, 6) is 0.000672. The minimum atomic E-state index is -0.454. The molecule has 1 aliphatic rings. The molecular weight excluding hydrogens is 308 g/mol. The molecule has 0 saturated heterocycles. The molecule has 7 nitrogen and oxygen atoms in total. The molecule has 0 fully saturated rings. The van der Waals surface area contributed by atoms with Gasteiger partial charge in [0.15, 0.2) is 0 Å². The Morgan fingerprint density at radius 2 is 2.04 bits per heavy atom. The maximum Gasteiger partial charge on any atom is 0.292 e. The van der Waals surface area contributed by atoms with Crippen molar-refractivity contribution in [2.75, 3.05) is 30.7 Å². The van der Waals surface area contributed by atoms with Crippen molar-refractivity contribution in [2.24, 2.45) is 0 Å². The monoisotopic (exact) mass is 326 g/mol. The molecule has 0 unspecified atom stereocenters. The number of nitrogen functional groups attached to an aromatic ring is 1. The van der Waals surface area contributed by atoms with Crippen LogP contribution in [0.1, 0.15) is 15.9 Å². The van der Waals surface area contributed by atoms with Crippen LogP contribution in [0.25, 0.3) is 0 Å². The summed E-state index contributed by atoms with van der Waals surface area (Å²) in [6.07, 6.45) is 0.820. The zero-order chi connectivity index (χ0) is 17.1. The van der Waals surface area contributed by atoms with Crippen molar-refractivity contribution in [1.82, 2.24) is 4.90 Å². The van der Waals surface area contributed by atoms with Crippen molar-refractivity contribution in [3.8, 4) is 0 Å². The van der Waals surface area contributed by atoms with Crippen LogP contribution in [-0.4, -0.2) is 35.4 Å². The van der Waals surface area contributed by atoms with Gasteiger partial charge >= 0.3 is 0 Å². The summed E-state index contributed by atoms with van der Waals surface area (Å²) in [5.41, 5.74) is 8.28. The van der Waals surface area contributed by atoms with Crippen LogP contribution in [-0.2, 0) is 6.42 Å². The fraction of sp³-hybridized carbons (Fsp3) is 0.235. The molecular formula is C17H18N4O3. The van der Waals surface area contributed by atoms with Crippen molar-refractivity contribution >= 4 is 23.0 Å². The lowest BCUT2D eigenvalue weighted by atomic mass is 9.99. The largest absolute Gasteiger partial charge is 0.399 e. The van der Waals surface area contributed by atoms with Gasteiger partial charge in [-0.05, 0) is 30.2 Å². The van der Waals surface area contributed by atoms with Crippen LogP contribution in [0.4, 0.5) is 17.1 Å². The highest BCUT2D eigenvalue weighted by atomic mass is 16.6. The molecule has 0 aliphatic carbocycles. The summed E-state index contributed by atoms with van der Waals surface area (Å²) in [5, 5.41) is 14.1. The van der Waals surface area contributed by atoms with Crippen LogP contribution in [0.3, 0.4) is 0 Å². The van der Waals surface area contributed by atoms with Crippen LogP contribution < -0.4 is 11.1 Å². The average Bonchev–Trinajstić information content (AvgIpc) is 2.57. The Morgan fingerprint density at radius 1 is 1.25 bits per heavy atom. The smallest absolute Gasteiger partial charge is 0.292 e. The van der Waals surface area contributed by atoms with E-state index in [2.05, 4.69) is 5.32 Å². The van der Waals surface area contributed by atoms with Gasteiger partial charge in [0.2, 0.25) is 0 Å². The summed E-state index contributed by atoms with van der Waals surface area (Å²) >= 11 is 0. The lowest BCUT2D eigenvalue weighted by molar-refractivity contribution is -0.383. The maximum atomic E-state index is 12.5. The summed E-state index contributed by atoms with van der Waals surface area (Å²) in [7, 11) is 0. The van der Waals surface area contributed by atoms with E-state index in [1.807, 2.05) is 24.3 Å². The minimum Gasteiger partial charge on any atom is -0.399 e. The first-order valence-electron chi connectivity index (χ1n) is 7.71. The number of nitrogens with one attached hydrogen (secondary N) is 1. The van der Waals surface area contributed by atoms with Crippen LogP contribution in [0.15, 0.2) is 42.5 Å². The molecule has 124 valence electrons. The van der Waals surface area contributed by atoms with Gasteiger partial charge in [-0.25, -0.2) is 0 Å². The first kappa shape index (κ1) is 15.8.